The molecule has 0 bridgehead atoms. The monoisotopic (exact) mass is 242 g/mol. The number of hydrogen-bond donors (Lipinski definition) is 1. The highest BCUT2D eigenvalue weighted by Gasteiger charge is 2.12. The van der Waals surface area contributed by atoms with Crippen molar-refractivity contribution >= 4 is 15.8 Å². The summed E-state index contributed by atoms with van der Waals surface area (Å²) in [5.74, 6) is -1.36. The minimum Gasteiger partial charge on any atom is -0.481 e. The summed E-state index contributed by atoms with van der Waals surface area (Å²) >= 11 is 0. The van der Waals surface area contributed by atoms with Gasteiger partial charge in [0.15, 0.2) is 9.84 Å². The van der Waals surface area contributed by atoms with Gasteiger partial charge in [0.2, 0.25) is 0 Å². The Hall–Kier alpha value is -1.36. The van der Waals surface area contributed by atoms with Gasteiger partial charge < -0.3 is 5.11 Å². The van der Waals surface area contributed by atoms with E-state index in [0.717, 1.165) is 5.56 Å². The van der Waals surface area contributed by atoms with Gasteiger partial charge in [-0.1, -0.05) is 30.3 Å². The smallest absolute Gasteiger partial charge is 0.304 e. The van der Waals surface area contributed by atoms with Gasteiger partial charge >= 0.3 is 5.97 Å². The summed E-state index contributed by atoms with van der Waals surface area (Å²) in [7, 11) is -3.26. The minimum absolute atomic E-state index is 0.00426. The van der Waals surface area contributed by atoms with Crippen LogP contribution in [0.25, 0.3) is 0 Å². The van der Waals surface area contributed by atoms with E-state index in [0.29, 0.717) is 6.42 Å². The van der Waals surface area contributed by atoms with E-state index in [4.69, 9.17) is 5.11 Å². The van der Waals surface area contributed by atoms with Crippen molar-refractivity contribution in [1.29, 1.82) is 0 Å². The Morgan fingerprint density at radius 1 is 1.12 bits per heavy atom. The molecule has 1 N–H and O–H groups in total. The Bertz CT molecular complexity index is 436. The largest absolute Gasteiger partial charge is 0.481 e. The second-order valence-corrected chi connectivity index (χ2v) is 5.83. The molecule has 88 valence electrons. The maximum absolute atomic E-state index is 11.4. The molecule has 0 aliphatic rings. The Kier molecular flexibility index (Phi) is 4.49. The van der Waals surface area contributed by atoms with Crippen molar-refractivity contribution in [3.63, 3.8) is 0 Å². The Labute approximate surface area is 94.8 Å². The van der Waals surface area contributed by atoms with E-state index in [2.05, 4.69) is 0 Å². The molecule has 0 heterocycles. The van der Waals surface area contributed by atoms with Gasteiger partial charge in [0.25, 0.3) is 0 Å². The molecular weight excluding hydrogens is 228 g/mol. The van der Waals surface area contributed by atoms with E-state index in [1.807, 2.05) is 30.3 Å². The minimum atomic E-state index is -3.26. The molecule has 1 aromatic rings. The first-order chi connectivity index (χ1) is 7.49. The number of aryl methyl sites for hydroxylation is 1. The van der Waals surface area contributed by atoms with Crippen molar-refractivity contribution in [2.75, 3.05) is 11.5 Å². The number of carbonyl (C=O) groups is 1. The van der Waals surface area contributed by atoms with Crippen LogP contribution in [-0.2, 0) is 21.1 Å². The normalized spacial score (nSPS) is 11.2. The predicted molar refractivity (Wildman–Crippen MR) is 61.1 cm³/mol. The molecule has 0 radical (unpaired) electrons. The second kappa shape index (κ2) is 5.65. The summed E-state index contributed by atoms with van der Waals surface area (Å²) in [4.78, 5) is 10.3. The highest BCUT2D eigenvalue weighted by molar-refractivity contribution is 7.91. The summed E-state index contributed by atoms with van der Waals surface area (Å²) in [5.41, 5.74) is 0.946. The zero-order chi connectivity index (χ0) is 12.0. The fraction of sp³-hybridized carbons (Fsp3) is 0.364. The van der Waals surface area contributed by atoms with Crippen LogP contribution in [0.1, 0.15) is 12.0 Å². The molecule has 0 aromatic heterocycles. The zero-order valence-corrected chi connectivity index (χ0v) is 9.61. The van der Waals surface area contributed by atoms with Crippen molar-refractivity contribution in [1.82, 2.24) is 0 Å². The lowest BCUT2D eigenvalue weighted by atomic mass is 10.2. The first-order valence-corrected chi connectivity index (χ1v) is 6.78. The molecule has 0 aliphatic heterocycles. The molecule has 0 amide bonds. The van der Waals surface area contributed by atoms with E-state index in [9.17, 15) is 13.2 Å². The molecule has 0 spiro atoms. The van der Waals surface area contributed by atoms with Crippen molar-refractivity contribution in [3.05, 3.63) is 35.9 Å². The molecular formula is C11H14O4S. The van der Waals surface area contributed by atoms with Crippen LogP contribution in [0, 0.1) is 0 Å². The molecule has 1 aromatic carbocycles. The summed E-state index contributed by atoms with van der Waals surface area (Å²) in [5, 5.41) is 8.40. The van der Waals surface area contributed by atoms with Gasteiger partial charge in [0.1, 0.15) is 0 Å². The molecule has 0 aliphatic carbocycles. The van der Waals surface area contributed by atoms with Crippen LogP contribution in [-0.4, -0.2) is 31.0 Å². The Morgan fingerprint density at radius 2 is 1.75 bits per heavy atom. The number of carboxylic acids is 1. The standard InChI is InChI=1S/C11H14O4S/c12-11(13)7-9-16(14,15)8-6-10-4-2-1-3-5-10/h1-5H,6-9H2,(H,12,13). The van der Waals surface area contributed by atoms with Crippen LogP contribution in [0.2, 0.25) is 0 Å². The first kappa shape index (κ1) is 12.7. The van der Waals surface area contributed by atoms with Crippen LogP contribution in [0.4, 0.5) is 0 Å². The van der Waals surface area contributed by atoms with Gasteiger partial charge in [-0.25, -0.2) is 8.42 Å². The van der Waals surface area contributed by atoms with Crippen LogP contribution in [0.15, 0.2) is 30.3 Å². The SMILES string of the molecule is O=C(O)CCS(=O)(=O)CCc1ccccc1. The Balaban J connectivity index is 2.45. The number of sulfone groups is 1. The Morgan fingerprint density at radius 3 is 2.31 bits per heavy atom. The molecule has 0 saturated carbocycles. The van der Waals surface area contributed by atoms with Gasteiger partial charge in [0, 0.05) is 0 Å². The average Bonchev–Trinajstić information content (AvgIpc) is 2.26. The fourth-order valence-corrected chi connectivity index (χ4v) is 2.50. The molecule has 4 nitrogen and oxygen atoms in total. The highest BCUT2D eigenvalue weighted by atomic mass is 32.2. The number of aliphatic carboxylic acids is 1. The number of benzene rings is 1. The number of hydrogen-bond acceptors (Lipinski definition) is 3. The van der Waals surface area contributed by atoms with Crippen molar-refractivity contribution < 1.29 is 18.3 Å². The van der Waals surface area contributed by atoms with Crippen molar-refractivity contribution in [3.8, 4) is 0 Å². The van der Waals surface area contributed by atoms with Gasteiger partial charge in [-0.05, 0) is 12.0 Å². The van der Waals surface area contributed by atoms with Crippen molar-refractivity contribution in [2.24, 2.45) is 0 Å². The van der Waals surface area contributed by atoms with E-state index < -0.39 is 15.8 Å². The zero-order valence-electron chi connectivity index (χ0n) is 8.80. The third-order valence-corrected chi connectivity index (χ3v) is 3.82. The molecule has 0 saturated heterocycles. The maximum Gasteiger partial charge on any atom is 0.304 e. The van der Waals surface area contributed by atoms with Crippen LogP contribution in [0.3, 0.4) is 0 Å². The fourth-order valence-electron chi connectivity index (χ4n) is 1.26. The highest BCUT2D eigenvalue weighted by Crippen LogP contribution is 2.03. The van der Waals surface area contributed by atoms with E-state index in [1.54, 1.807) is 0 Å². The molecule has 0 unspecified atom stereocenters. The third-order valence-electron chi connectivity index (χ3n) is 2.17. The van der Waals surface area contributed by atoms with Gasteiger partial charge in [-0.2, -0.15) is 0 Å². The van der Waals surface area contributed by atoms with E-state index in [-0.39, 0.29) is 17.9 Å². The molecule has 0 fully saturated rings. The lowest BCUT2D eigenvalue weighted by Gasteiger charge is -2.02. The first-order valence-electron chi connectivity index (χ1n) is 4.96. The maximum atomic E-state index is 11.4. The summed E-state index contributed by atoms with van der Waals surface area (Å²) in [6.07, 6.45) is 0.111. The van der Waals surface area contributed by atoms with Gasteiger partial charge in [0.05, 0.1) is 17.9 Å². The van der Waals surface area contributed by atoms with Crippen LogP contribution >= 0.6 is 0 Å². The van der Waals surface area contributed by atoms with Gasteiger partial charge in [-0.15, -0.1) is 0 Å². The van der Waals surface area contributed by atoms with E-state index >= 15 is 0 Å². The number of carboxylic acid groups (broad SMARTS) is 1. The van der Waals surface area contributed by atoms with Crippen LogP contribution in [0.5, 0.6) is 0 Å². The summed E-state index contributed by atoms with van der Waals surface area (Å²) in [6, 6.07) is 9.26. The lowest BCUT2D eigenvalue weighted by Crippen LogP contribution is -2.15. The van der Waals surface area contributed by atoms with Crippen molar-refractivity contribution in [2.45, 2.75) is 12.8 Å². The van der Waals surface area contributed by atoms with Crippen LogP contribution < -0.4 is 0 Å². The topological polar surface area (TPSA) is 71.4 Å². The van der Waals surface area contributed by atoms with Gasteiger partial charge in [-0.3, -0.25) is 4.79 Å². The third kappa shape index (κ3) is 4.93. The molecule has 1 rings (SSSR count). The summed E-state index contributed by atoms with van der Waals surface area (Å²) in [6.45, 7) is 0. The molecule has 5 heteroatoms. The predicted octanol–water partition coefficient (Wildman–Crippen LogP) is 1.12. The van der Waals surface area contributed by atoms with E-state index in [1.165, 1.54) is 0 Å². The molecule has 0 atom stereocenters. The lowest BCUT2D eigenvalue weighted by molar-refractivity contribution is -0.136. The quantitative estimate of drug-likeness (QED) is 0.811. The summed E-state index contributed by atoms with van der Waals surface area (Å²) < 4.78 is 22.9. The molecule has 16 heavy (non-hydrogen) atoms. The average molecular weight is 242 g/mol. The number of rotatable bonds is 6. The second-order valence-electron chi connectivity index (χ2n) is 3.53.